The molecule has 0 amide bonds. The van der Waals surface area contributed by atoms with E-state index >= 15 is 0 Å². The van der Waals surface area contributed by atoms with Crippen LogP contribution in [0.1, 0.15) is 31.9 Å². The van der Waals surface area contributed by atoms with Gasteiger partial charge in [-0.2, -0.15) is 0 Å². The monoisotopic (exact) mass is 292 g/mol. The SMILES string of the molecule is CCNC(C)c1ccnc(N2CC(O)CC2CN(C)C)c1. The lowest BCUT2D eigenvalue weighted by Gasteiger charge is -2.28. The lowest BCUT2D eigenvalue weighted by Crippen LogP contribution is -2.38. The van der Waals surface area contributed by atoms with E-state index < -0.39 is 0 Å². The smallest absolute Gasteiger partial charge is 0.129 e. The second-order valence-electron chi connectivity index (χ2n) is 6.18. The van der Waals surface area contributed by atoms with Gasteiger partial charge >= 0.3 is 0 Å². The van der Waals surface area contributed by atoms with Crippen LogP contribution in [0.2, 0.25) is 0 Å². The molecule has 1 saturated heterocycles. The molecule has 0 spiro atoms. The predicted octanol–water partition coefficient (Wildman–Crippen LogP) is 1.25. The first-order valence-electron chi connectivity index (χ1n) is 7.80. The molecule has 5 heteroatoms. The van der Waals surface area contributed by atoms with Gasteiger partial charge in [-0.05, 0) is 51.7 Å². The molecule has 0 aliphatic carbocycles. The van der Waals surface area contributed by atoms with Gasteiger partial charge in [-0.3, -0.25) is 0 Å². The van der Waals surface area contributed by atoms with Gasteiger partial charge in [0, 0.05) is 31.4 Å². The molecule has 1 aromatic heterocycles. The second kappa shape index (κ2) is 7.20. The van der Waals surface area contributed by atoms with Crippen LogP contribution < -0.4 is 10.2 Å². The normalized spacial score (nSPS) is 23.8. The summed E-state index contributed by atoms with van der Waals surface area (Å²) in [4.78, 5) is 8.93. The van der Waals surface area contributed by atoms with Gasteiger partial charge < -0.3 is 20.2 Å². The molecule has 2 N–H and O–H groups in total. The maximum Gasteiger partial charge on any atom is 0.129 e. The zero-order chi connectivity index (χ0) is 15.4. The minimum Gasteiger partial charge on any atom is -0.391 e. The lowest BCUT2D eigenvalue weighted by atomic mass is 10.1. The molecule has 0 radical (unpaired) electrons. The van der Waals surface area contributed by atoms with Crippen LogP contribution in [0.5, 0.6) is 0 Å². The van der Waals surface area contributed by atoms with Crippen LogP contribution in [0, 0.1) is 0 Å². The summed E-state index contributed by atoms with van der Waals surface area (Å²) in [5, 5.41) is 13.4. The van der Waals surface area contributed by atoms with Crippen molar-refractivity contribution in [3.05, 3.63) is 23.9 Å². The van der Waals surface area contributed by atoms with Crippen LogP contribution in [0.3, 0.4) is 0 Å². The Morgan fingerprint density at radius 2 is 2.29 bits per heavy atom. The quantitative estimate of drug-likeness (QED) is 0.826. The van der Waals surface area contributed by atoms with Crippen LogP contribution in [-0.2, 0) is 0 Å². The number of hydrogen-bond donors (Lipinski definition) is 2. The van der Waals surface area contributed by atoms with Gasteiger partial charge in [0.05, 0.1) is 6.10 Å². The van der Waals surface area contributed by atoms with E-state index in [0.717, 1.165) is 25.3 Å². The molecule has 1 aromatic rings. The molecule has 0 aromatic carbocycles. The van der Waals surface area contributed by atoms with Gasteiger partial charge in [-0.25, -0.2) is 4.98 Å². The predicted molar refractivity (Wildman–Crippen MR) is 86.6 cm³/mol. The summed E-state index contributed by atoms with van der Waals surface area (Å²) >= 11 is 0. The molecule has 5 nitrogen and oxygen atoms in total. The van der Waals surface area contributed by atoms with Gasteiger partial charge in [0.15, 0.2) is 0 Å². The largest absolute Gasteiger partial charge is 0.391 e. The summed E-state index contributed by atoms with van der Waals surface area (Å²) in [6, 6.07) is 4.85. The number of aliphatic hydroxyl groups is 1. The second-order valence-corrected chi connectivity index (χ2v) is 6.18. The number of hydrogen-bond acceptors (Lipinski definition) is 5. The van der Waals surface area contributed by atoms with E-state index in [1.165, 1.54) is 5.56 Å². The van der Waals surface area contributed by atoms with E-state index in [9.17, 15) is 5.11 Å². The third kappa shape index (κ3) is 4.15. The van der Waals surface area contributed by atoms with Crippen molar-refractivity contribution in [3.63, 3.8) is 0 Å². The van der Waals surface area contributed by atoms with E-state index in [1.54, 1.807) is 0 Å². The fraction of sp³-hybridized carbons (Fsp3) is 0.688. The van der Waals surface area contributed by atoms with Gasteiger partial charge in [-0.1, -0.05) is 6.92 Å². The summed E-state index contributed by atoms with van der Waals surface area (Å²) in [6.07, 6.45) is 2.43. The highest BCUT2D eigenvalue weighted by molar-refractivity contribution is 5.44. The number of nitrogens with one attached hydrogen (secondary N) is 1. The molecule has 0 bridgehead atoms. The van der Waals surface area contributed by atoms with Crippen LogP contribution >= 0.6 is 0 Å². The number of aliphatic hydroxyl groups excluding tert-OH is 1. The zero-order valence-corrected chi connectivity index (χ0v) is 13.6. The molecule has 1 fully saturated rings. The van der Waals surface area contributed by atoms with E-state index in [4.69, 9.17) is 0 Å². The first-order valence-corrected chi connectivity index (χ1v) is 7.80. The standard InChI is InChI=1S/C16H28N4O/c1-5-17-12(2)13-6-7-18-16(8-13)20-11-15(21)9-14(20)10-19(3)4/h6-8,12,14-15,17,21H,5,9-11H2,1-4H3. The number of aromatic nitrogens is 1. The molecular weight excluding hydrogens is 264 g/mol. The number of likely N-dealkylation sites (N-methyl/N-ethyl adjacent to an activating group) is 1. The minimum atomic E-state index is -0.258. The number of nitrogens with zero attached hydrogens (tertiary/aromatic N) is 3. The Balaban J connectivity index is 2.17. The molecule has 118 valence electrons. The summed E-state index contributed by atoms with van der Waals surface area (Å²) < 4.78 is 0. The van der Waals surface area contributed by atoms with Gasteiger partial charge in [-0.15, -0.1) is 0 Å². The van der Waals surface area contributed by atoms with E-state index in [-0.39, 0.29) is 6.10 Å². The Morgan fingerprint density at radius 3 is 2.95 bits per heavy atom. The van der Waals surface area contributed by atoms with Crippen molar-refractivity contribution >= 4 is 5.82 Å². The van der Waals surface area contributed by atoms with Gasteiger partial charge in [0.2, 0.25) is 0 Å². The van der Waals surface area contributed by atoms with Crippen molar-refractivity contribution in [3.8, 4) is 0 Å². The number of rotatable bonds is 6. The maximum absolute atomic E-state index is 10.0. The molecule has 2 heterocycles. The average molecular weight is 292 g/mol. The zero-order valence-electron chi connectivity index (χ0n) is 13.6. The van der Waals surface area contributed by atoms with Crippen LogP contribution in [0.15, 0.2) is 18.3 Å². The molecule has 3 atom stereocenters. The van der Waals surface area contributed by atoms with E-state index in [2.05, 4.69) is 60.2 Å². The highest BCUT2D eigenvalue weighted by atomic mass is 16.3. The average Bonchev–Trinajstić information content (AvgIpc) is 2.79. The minimum absolute atomic E-state index is 0.258. The summed E-state index contributed by atoms with van der Waals surface area (Å²) in [5.74, 6) is 0.973. The van der Waals surface area contributed by atoms with Crippen molar-refractivity contribution in [2.24, 2.45) is 0 Å². The van der Waals surface area contributed by atoms with Crippen molar-refractivity contribution in [1.82, 2.24) is 15.2 Å². The van der Waals surface area contributed by atoms with Crippen molar-refractivity contribution in [1.29, 1.82) is 0 Å². The molecular formula is C16H28N4O. The first-order chi connectivity index (χ1) is 10.0. The van der Waals surface area contributed by atoms with Gasteiger partial charge in [0.25, 0.3) is 0 Å². The number of pyridine rings is 1. The summed E-state index contributed by atoms with van der Waals surface area (Å²) in [7, 11) is 4.14. The fourth-order valence-electron chi connectivity index (χ4n) is 3.05. The Labute approximate surface area is 128 Å². The van der Waals surface area contributed by atoms with E-state index in [1.807, 2.05) is 6.20 Å². The van der Waals surface area contributed by atoms with Crippen molar-refractivity contribution in [2.75, 3.05) is 38.6 Å². The van der Waals surface area contributed by atoms with Crippen LogP contribution in [0.4, 0.5) is 5.82 Å². The first kappa shape index (κ1) is 16.2. The van der Waals surface area contributed by atoms with E-state index in [0.29, 0.717) is 18.6 Å². The third-order valence-corrected chi connectivity index (χ3v) is 4.04. The Morgan fingerprint density at radius 1 is 1.52 bits per heavy atom. The molecule has 2 rings (SSSR count). The number of anilines is 1. The molecule has 1 aliphatic rings. The molecule has 3 unspecified atom stereocenters. The lowest BCUT2D eigenvalue weighted by molar-refractivity contribution is 0.191. The van der Waals surface area contributed by atoms with Crippen LogP contribution in [0.25, 0.3) is 0 Å². The Hall–Kier alpha value is -1.17. The Kier molecular flexibility index (Phi) is 5.56. The number of β-amino-alcohol motifs (C(OH)–C–C–N with tert-alkyl or cyclic N) is 1. The van der Waals surface area contributed by atoms with Crippen molar-refractivity contribution in [2.45, 2.75) is 38.5 Å². The molecule has 21 heavy (non-hydrogen) atoms. The molecule has 1 aliphatic heterocycles. The summed E-state index contributed by atoms with van der Waals surface area (Å²) in [6.45, 7) is 6.84. The highest BCUT2D eigenvalue weighted by Gasteiger charge is 2.32. The van der Waals surface area contributed by atoms with Gasteiger partial charge in [0.1, 0.15) is 5.82 Å². The maximum atomic E-state index is 10.0. The third-order valence-electron chi connectivity index (χ3n) is 4.04. The summed E-state index contributed by atoms with van der Waals surface area (Å²) in [5.41, 5.74) is 1.24. The topological polar surface area (TPSA) is 51.6 Å². The van der Waals surface area contributed by atoms with Crippen LogP contribution in [-0.4, -0.2) is 60.9 Å². The highest BCUT2D eigenvalue weighted by Crippen LogP contribution is 2.26. The fourth-order valence-corrected chi connectivity index (χ4v) is 3.05. The molecule has 0 saturated carbocycles. The van der Waals surface area contributed by atoms with Crippen molar-refractivity contribution < 1.29 is 5.11 Å². The Bertz CT molecular complexity index is 452.